The van der Waals surface area contributed by atoms with Gasteiger partial charge >= 0.3 is 0 Å². The summed E-state index contributed by atoms with van der Waals surface area (Å²) in [6, 6.07) is 0. The SMILES string of the molecule is CCCCCCCCC1CCC(CCC2CCC(C3CC(F)CC(C4CCC(CCC5CCC(CCCCCCCC)CC5)CC4)C3)CC2)CC1. The van der Waals surface area contributed by atoms with Gasteiger partial charge in [-0.2, -0.15) is 0 Å². The van der Waals surface area contributed by atoms with Crippen molar-refractivity contribution in [2.45, 2.75) is 258 Å². The van der Waals surface area contributed by atoms with Crippen molar-refractivity contribution in [3.8, 4) is 0 Å². The van der Waals surface area contributed by atoms with Gasteiger partial charge in [0.25, 0.3) is 0 Å². The van der Waals surface area contributed by atoms with E-state index in [4.69, 9.17) is 0 Å². The van der Waals surface area contributed by atoms with Gasteiger partial charge in [-0.05, 0) is 104 Å². The molecule has 2 atom stereocenters. The van der Waals surface area contributed by atoms with Crippen LogP contribution < -0.4 is 0 Å². The summed E-state index contributed by atoms with van der Waals surface area (Å²) in [5.41, 5.74) is 0. The molecule has 298 valence electrons. The summed E-state index contributed by atoms with van der Waals surface area (Å²) in [6.07, 6.45) is 53.0. The number of hydrogen-bond donors (Lipinski definition) is 0. The highest BCUT2D eigenvalue weighted by Crippen LogP contribution is 2.49. The quantitative estimate of drug-likeness (QED) is 0.0981. The van der Waals surface area contributed by atoms with Gasteiger partial charge < -0.3 is 0 Å². The van der Waals surface area contributed by atoms with Gasteiger partial charge in [0.2, 0.25) is 0 Å². The molecule has 5 saturated carbocycles. The van der Waals surface area contributed by atoms with E-state index in [-0.39, 0.29) is 0 Å². The van der Waals surface area contributed by atoms with Crippen LogP contribution in [-0.2, 0) is 0 Å². The predicted molar refractivity (Wildman–Crippen MR) is 222 cm³/mol. The second-order valence-electron chi connectivity index (χ2n) is 20.4. The van der Waals surface area contributed by atoms with Crippen molar-refractivity contribution in [1.29, 1.82) is 0 Å². The lowest BCUT2D eigenvalue weighted by Crippen LogP contribution is -2.35. The third kappa shape index (κ3) is 15.5. The molecule has 0 heterocycles. The molecule has 0 bridgehead atoms. The lowest BCUT2D eigenvalue weighted by molar-refractivity contribution is 0.0467. The summed E-state index contributed by atoms with van der Waals surface area (Å²) in [6.45, 7) is 4.65. The molecule has 0 nitrogen and oxygen atoms in total. The fraction of sp³-hybridized carbons (Fsp3) is 1.00. The van der Waals surface area contributed by atoms with Crippen molar-refractivity contribution in [2.75, 3.05) is 0 Å². The van der Waals surface area contributed by atoms with Crippen LogP contribution in [0.4, 0.5) is 4.39 Å². The smallest absolute Gasteiger partial charge is 0.101 e. The molecule has 5 aliphatic carbocycles. The molecule has 0 aromatic carbocycles. The van der Waals surface area contributed by atoms with Gasteiger partial charge in [-0.15, -0.1) is 0 Å². The Morgan fingerprint density at radius 3 is 0.902 bits per heavy atom. The molecule has 51 heavy (non-hydrogen) atoms. The van der Waals surface area contributed by atoms with Crippen molar-refractivity contribution in [1.82, 2.24) is 0 Å². The Kier molecular flexibility index (Phi) is 20.2. The van der Waals surface area contributed by atoms with Gasteiger partial charge in [0.05, 0.1) is 0 Å². The number of hydrogen-bond acceptors (Lipinski definition) is 0. The second kappa shape index (κ2) is 24.4. The van der Waals surface area contributed by atoms with Crippen LogP contribution in [0.25, 0.3) is 0 Å². The highest BCUT2D eigenvalue weighted by atomic mass is 19.1. The third-order valence-corrected chi connectivity index (χ3v) is 16.7. The highest BCUT2D eigenvalue weighted by molar-refractivity contribution is 4.90. The van der Waals surface area contributed by atoms with E-state index < -0.39 is 6.17 Å². The van der Waals surface area contributed by atoms with E-state index in [0.29, 0.717) is 11.8 Å². The number of halogens is 1. The van der Waals surface area contributed by atoms with E-state index in [1.54, 1.807) is 0 Å². The zero-order valence-electron chi connectivity index (χ0n) is 34.9. The van der Waals surface area contributed by atoms with Crippen molar-refractivity contribution in [3.63, 3.8) is 0 Å². The molecule has 0 radical (unpaired) electrons. The zero-order valence-corrected chi connectivity index (χ0v) is 34.9. The van der Waals surface area contributed by atoms with Crippen LogP contribution in [-0.4, -0.2) is 6.17 Å². The summed E-state index contributed by atoms with van der Waals surface area (Å²) >= 11 is 0. The Morgan fingerprint density at radius 1 is 0.294 bits per heavy atom. The summed E-state index contributed by atoms with van der Waals surface area (Å²) in [4.78, 5) is 0. The summed E-state index contributed by atoms with van der Waals surface area (Å²) in [5, 5.41) is 0. The van der Waals surface area contributed by atoms with E-state index in [9.17, 15) is 0 Å². The lowest BCUT2D eigenvalue weighted by atomic mass is 9.63. The number of unbranched alkanes of at least 4 members (excludes halogenated alkanes) is 10. The largest absolute Gasteiger partial charge is 0.247 e. The van der Waals surface area contributed by atoms with Crippen LogP contribution in [0, 0.1) is 59.2 Å². The van der Waals surface area contributed by atoms with Crippen molar-refractivity contribution in [2.24, 2.45) is 59.2 Å². The zero-order chi connectivity index (χ0) is 35.5. The molecule has 1 heteroatoms. The van der Waals surface area contributed by atoms with E-state index >= 15 is 4.39 Å². The predicted octanol–water partition coefficient (Wildman–Crippen LogP) is 17.0. The Labute approximate surface area is 320 Å². The maximum absolute atomic E-state index is 15.3. The molecule has 0 aromatic rings. The van der Waals surface area contributed by atoms with Crippen LogP contribution >= 0.6 is 0 Å². The average molecular weight is 711 g/mol. The maximum atomic E-state index is 15.3. The Hall–Kier alpha value is -0.0700. The summed E-state index contributed by atoms with van der Waals surface area (Å²) in [7, 11) is 0. The standard InChI is InChI=1S/C50H91F/c1-3-5-7-9-11-13-15-40-17-21-42(22-18-40)25-27-44-29-33-46(34-30-44)48-37-49(39-50(51)38-48)47-35-31-45(32-36-47)28-26-43-23-19-41(20-24-43)16-14-12-10-8-6-4-2/h40-50H,3-39H2,1-2H3. The molecular weight excluding hydrogens is 620 g/mol. The fourth-order valence-electron chi connectivity index (χ4n) is 13.0. The number of alkyl halides is 1. The monoisotopic (exact) mass is 711 g/mol. The van der Waals surface area contributed by atoms with Gasteiger partial charge in [-0.25, -0.2) is 4.39 Å². The van der Waals surface area contributed by atoms with Crippen LogP contribution in [0.15, 0.2) is 0 Å². The first kappa shape index (κ1) is 42.1. The van der Waals surface area contributed by atoms with Crippen LogP contribution in [0.2, 0.25) is 0 Å². The molecule has 5 rings (SSSR count). The molecule has 0 spiro atoms. The maximum Gasteiger partial charge on any atom is 0.101 e. The Balaban J connectivity index is 0.892. The van der Waals surface area contributed by atoms with Crippen molar-refractivity contribution in [3.05, 3.63) is 0 Å². The van der Waals surface area contributed by atoms with E-state index in [2.05, 4.69) is 13.8 Å². The molecule has 5 fully saturated rings. The lowest BCUT2D eigenvalue weighted by Gasteiger charge is -2.43. The van der Waals surface area contributed by atoms with Crippen LogP contribution in [0.5, 0.6) is 0 Å². The van der Waals surface area contributed by atoms with Gasteiger partial charge in [0.1, 0.15) is 6.17 Å². The van der Waals surface area contributed by atoms with Gasteiger partial charge in [-0.3, -0.25) is 0 Å². The molecule has 0 saturated heterocycles. The average Bonchev–Trinajstić information content (AvgIpc) is 3.17. The molecule has 0 aliphatic heterocycles. The van der Waals surface area contributed by atoms with Crippen LogP contribution in [0.1, 0.15) is 251 Å². The molecule has 0 aromatic heterocycles. The first-order valence-electron chi connectivity index (χ1n) is 24.7. The van der Waals surface area contributed by atoms with Crippen LogP contribution in [0.3, 0.4) is 0 Å². The normalized spacial score (nSPS) is 36.6. The van der Waals surface area contributed by atoms with Gasteiger partial charge in [-0.1, -0.05) is 206 Å². The minimum atomic E-state index is -0.503. The van der Waals surface area contributed by atoms with Gasteiger partial charge in [0, 0.05) is 0 Å². The third-order valence-electron chi connectivity index (χ3n) is 16.7. The van der Waals surface area contributed by atoms with Crippen molar-refractivity contribution < 1.29 is 4.39 Å². The Morgan fingerprint density at radius 2 is 0.569 bits per heavy atom. The summed E-state index contributed by atoms with van der Waals surface area (Å²) < 4.78 is 15.3. The second-order valence-corrected chi connectivity index (χ2v) is 20.4. The van der Waals surface area contributed by atoms with E-state index in [1.165, 1.54) is 225 Å². The number of rotatable bonds is 22. The molecule has 5 aliphatic rings. The molecule has 0 N–H and O–H groups in total. The molecule has 0 amide bonds. The Bertz CT molecular complexity index is 765. The van der Waals surface area contributed by atoms with E-state index in [1.807, 2.05) is 0 Å². The van der Waals surface area contributed by atoms with Gasteiger partial charge in [0.15, 0.2) is 0 Å². The highest BCUT2D eigenvalue weighted by Gasteiger charge is 2.39. The topological polar surface area (TPSA) is 0 Å². The minimum absolute atomic E-state index is 0.503. The molecule has 2 unspecified atom stereocenters. The minimum Gasteiger partial charge on any atom is -0.247 e. The van der Waals surface area contributed by atoms with E-state index in [0.717, 1.165) is 60.2 Å². The first-order chi connectivity index (χ1) is 25.1. The first-order valence-corrected chi connectivity index (χ1v) is 24.7. The fourth-order valence-corrected chi connectivity index (χ4v) is 13.0. The summed E-state index contributed by atoms with van der Waals surface area (Å²) in [5.74, 6) is 9.23. The van der Waals surface area contributed by atoms with Crippen molar-refractivity contribution >= 4 is 0 Å². The molecular formula is C50H91F.